The van der Waals surface area contributed by atoms with Gasteiger partial charge in [0.25, 0.3) is 5.91 Å². The quantitative estimate of drug-likeness (QED) is 0.872. The van der Waals surface area contributed by atoms with Crippen molar-refractivity contribution >= 4 is 23.2 Å². The Morgan fingerprint density at radius 2 is 2.08 bits per heavy atom. The van der Waals surface area contributed by atoms with E-state index >= 15 is 0 Å². The van der Waals surface area contributed by atoms with Crippen LogP contribution in [0.15, 0.2) is 18.5 Å². The molecule has 26 heavy (non-hydrogen) atoms. The Balaban J connectivity index is 1.47. The average molecular weight is 376 g/mol. The molecule has 1 saturated heterocycles. The second-order valence-corrected chi connectivity index (χ2v) is 7.27. The van der Waals surface area contributed by atoms with Gasteiger partial charge in [0.05, 0.1) is 28.6 Å². The summed E-state index contributed by atoms with van der Waals surface area (Å²) in [5, 5.41) is 7.95. The van der Waals surface area contributed by atoms with Gasteiger partial charge in [0.2, 0.25) is 0 Å². The third-order valence-electron chi connectivity index (χ3n) is 5.09. The minimum Gasteiger partial charge on any atom is -0.369 e. The fourth-order valence-corrected chi connectivity index (χ4v) is 4.01. The Morgan fingerprint density at radius 1 is 1.31 bits per heavy atom. The summed E-state index contributed by atoms with van der Waals surface area (Å²) in [6.45, 7) is 6.76. The van der Waals surface area contributed by atoms with Gasteiger partial charge < -0.3 is 14.5 Å². The number of halogens is 1. The number of aromatic amines is 1. The molecule has 1 fully saturated rings. The third kappa shape index (κ3) is 3.05. The number of fused-ring (bicyclic) bond motifs is 1. The molecule has 4 heterocycles. The number of H-pyrrole nitrogens is 1. The number of ether oxygens (including phenoxy) is 1. The molecule has 4 rings (SSSR count). The van der Waals surface area contributed by atoms with Crippen LogP contribution < -0.4 is 4.90 Å². The van der Waals surface area contributed by atoms with E-state index in [0.717, 1.165) is 30.0 Å². The van der Waals surface area contributed by atoms with Crippen LogP contribution in [0.5, 0.6) is 0 Å². The van der Waals surface area contributed by atoms with Crippen molar-refractivity contribution in [1.82, 2.24) is 20.1 Å². The molecule has 0 aromatic carbocycles. The molecule has 138 valence electrons. The van der Waals surface area contributed by atoms with Gasteiger partial charge in [0, 0.05) is 50.6 Å². The number of nitrogens with zero attached hydrogens (tertiary/aromatic N) is 4. The smallest absolute Gasteiger partial charge is 0.274 e. The molecule has 0 bridgehead atoms. The van der Waals surface area contributed by atoms with Crippen LogP contribution in [0.3, 0.4) is 0 Å². The first kappa shape index (κ1) is 17.3. The predicted octanol–water partition coefficient (Wildman–Crippen LogP) is 2.44. The number of hydrogen-bond donors (Lipinski definition) is 1. The number of hydrogen-bond acceptors (Lipinski definition) is 5. The predicted molar refractivity (Wildman–Crippen MR) is 98.6 cm³/mol. The summed E-state index contributed by atoms with van der Waals surface area (Å²) < 4.78 is 5.80. The van der Waals surface area contributed by atoms with E-state index in [1.54, 1.807) is 12.4 Å². The number of piperazine rings is 1. The maximum absolute atomic E-state index is 13.0. The second-order valence-electron chi connectivity index (χ2n) is 6.86. The topological polar surface area (TPSA) is 74.4 Å². The number of rotatable bonds is 2. The number of carbonyl (C=O) groups excluding carboxylic acids is 1. The van der Waals surface area contributed by atoms with Crippen LogP contribution >= 0.6 is 11.6 Å². The van der Waals surface area contributed by atoms with Crippen LogP contribution in [0, 0.1) is 0 Å². The van der Waals surface area contributed by atoms with E-state index in [-0.39, 0.29) is 18.1 Å². The van der Waals surface area contributed by atoms with E-state index in [4.69, 9.17) is 16.3 Å². The molecule has 0 radical (unpaired) electrons. The third-order valence-corrected chi connectivity index (χ3v) is 5.39. The lowest BCUT2D eigenvalue weighted by atomic mass is 9.99. The molecule has 0 saturated carbocycles. The van der Waals surface area contributed by atoms with E-state index in [2.05, 4.69) is 20.1 Å². The van der Waals surface area contributed by atoms with Crippen LogP contribution in [-0.4, -0.2) is 58.3 Å². The zero-order valence-corrected chi connectivity index (χ0v) is 15.7. The first-order chi connectivity index (χ1) is 12.5. The van der Waals surface area contributed by atoms with Crippen molar-refractivity contribution in [1.29, 1.82) is 0 Å². The van der Waals surface area contributed by atoms with Gasteiger partial charge in [-0.25, -0.2) is 0 Å². The maximum Gasteiger partial charge on any atom is 0.274 e. The Hall–Kier alpha value is -2.12. The van der Waals surface area contributed by atoms with Crippen LogP contribution in [0.25, 0.3) is 0 Å². The number of nitrogens with one attached hydrogen (secondary N) is 1. The highest BCUT2D eigenvalue weighted by atomic mass is 35.5. The van der Waals surface area contributed by atoms with Crippen LogP contribution in [-0.2, 0) is 11.2 Å². The van der Waals surface area contributed by atoms with E-state index in [9.17, 15) is 4.79 Å². The lowest BCUT2D eigenvalue weighted by Gasteiger charge is -2.36. The van der Waals surface area contributed by atoms with Crippen molar-refractivity contribution < 1.29 is 9.53 Å². The number of amides is 1. The molecule has 2 aromatic heterocycles. The van der Waals surface area contributed by atoms with Crippen molar-refractivity contribution in [3.05, 3.63) is 40.4 Å². The number of anilines is 1. The lowest BCUT2D eigenvalue weighted by molar-refractivity contribution is -0.00702. The minimum atomic E-state index is -0.0616. The maximum atomic E-state index is 13.0. The van der Waals surface area contributed by atoms with Gasteiger partial charge in [0.15, 0.2) is 5.69 Å². The summed E-state index contributed by atoms with van der Waals surface area (Å²) in [7, 11) is 0. The Morgan fingerprint density at radius 3 is 2.81 bits per heavy atom. The molecule has 2 aliphatic heterocycles. The van der Waals surface area contributed by atoms with Crippen molar-refractivity contribution in [2.24, 2.45) is 0 Å². The largest absolute Gasteiger partial charge is 0.369 e. The Labute approximate surface area is 157 Å². The molecule has 0 spiro atoms. The van der Waals surface area contributed by atoms with E-state index in [0.29, 0.717) is 30.2 Å². The molecule has 0 unspecified atom stereocenters. The molecule has 1 N–H and O–H groups in total. The SMILES string of the molecule is C[C@@H]1Cc2c(C(=O)N3CCN(c4ccncc4Cl)CC3)n[nH]c2[C@H](C)O1. The summed E-state index contributed by atoms with van der Waals surface area (Å²) >= 11 is 6.23. The van der Waals surface area contributed by atoms with Gasteiger partial charge in [0.1, 0.15) is 0 Å². The molecule has 2 aliphatic rings. The zero-order chi connectivity index (χ0) is 18.3. The van der Waals surface area contributed by atoms with Gasteiger partial charge in [-0.15, -0.1) is 0 Å². The van der Waals surface area contributed by atoms with Crippen molar-refractivity contribution in [2.75, 3.05) is 31.1 Å². The molecular weight excluding hydrogens is 354 g/mol. The minimum absolute atomic E-state index is 0.00993. The van der Waals surface area contributed by atoms with Crippen molar-refractivity contribution in [3.8, 4) is 0 Å². The summed E-state index contributed by atoms with van der Waals surface area (Å²) in [5.74, 6) is -0.00993. The Bertz CT molecular complexity index is 816. The molecule has 0 aliphatic carbocycles. The van der Waals surface area contributed by atoms with Gasteiger partial charge in [-0.05, 0) is 19.9 Å². The highest BCUT2D eigenvalue weighted by molar-refractivity contribution is 6.33. The average Bonchev–Trinajstić information content (AvgIpc) is 3.06. The van der Waals surface area contributed by atoms with Crippen molar-refractivity contribution in [3.63, 3.8) is 0 Å². The monoisotopic (exact) mass is 375 g/mol. The number of pyridine rings is 1. The van der Waals surface area contributed by atoms with Gasteiger partial charge in [-0.1, -0.05) is 11.6 Å². The first-order valence-corrected chi connectivity index (χ1v) is 9.28. The molecular formula is C18H22ClN5O2. The normalized spacial score (nSPS) is 23.0. The van der Waals surface area contributed by atoms with Crippen LogP contribution in [0.4, 0.5) is 5.69 Å². The molecule has 1 amide bonds. The number of aromatic nitrogens is 3. The summed E-state index contributed by atoms with van der Waals surface area (Å²) in [4.78, 5) is 21.1. The summed E-state index contributed by atoms with van der Waals surface area (Å²) in [6.07, 6.45) is 4.12. The summed E-state index contributed by atoms with van der Waals surface area (Å²) in [5.41, 5.74) is 3.43. The van der Waals surface area contributed by atoms with Gasteiger partial charge in [-0.3, -0.25) is 14.9 Å². The fraction of sp³-hybridized carbons (Fsp3) is 0.500. The highest BCUT2D eigenvalue weighted by Gasteiger charge is 2.32. The number of carbonyl (C=O) groups is 1. The summed E-state index contributed by atoms with van der Waals surface area (Å²) in [6, 6.07) is 1.91. The van der Waals surface area contributed by atoms with Crippen molar-refractivity contribution in [2.45, 2.75) is 32.5 Å². The van der Waals surface area contributed by atoms with Crippen LogP contribution in [0.1, 0.15) is 41.7 Å². The van der Waals surface area contributed by atoms with E-state index < -0.39 is 0 Å². The highest BCUT2D eigenvalue weighted by Crippen LogP contribution is 2.31. The standard InChI is InChI=1S/C18H22ClN5O2/c1-11-9-13-16(12(2)26-11)21-22-17(13)18(25)24-7-5-23(6-8-24)15-3-4-20-10-14(15)19/h3-4,10-12H,5-9H2,1-2H3,(H,21,22)/t11-,12+/m1/s1. The molecule has 8 heteroatoms. The molecule has 2 atom stereocenters. The zero-order valence-electron chi connectivity index (χ0n) is 14.9. The van der Waals surface area contributed by atoms with Gasteiger partial charge in [-0.2, -0.15) is 5.10 Å². The second kappa shape index (κ2) is 6.89. The first-order valence-electron chi connectivity index (χ1n) is 8.91. The molecule has 7 nitrogen and oxygen atoms in total. The Kier molecular flexibility index (Phi) is 4.58. The fourth-order valence-electron chi connectivity index (χ4n) is 3.78. The van der Waals surface area contributed by atoms with E-state index in [1.807, 2.05) is 24.8 Å². The lowest BCUT2D eigenvalue weighted by Crippen LogP contribution is -2.49. The van der Waals surface area contributed by atoms with Gasteiger partial charge >= 0.3 is 0 Å². The van der Waals surface area contributed by atoms with Crippen LogP contribution in [0.2, 0.25) is 5.02 Å². The molecule has 2 aromatic rings. The van der Waals surface area contributed by atoms with E-state index in [1.165, 1.54) is 0 Å².